The molecule has 4 nitrogen and oxygen atoms in total. The number of hydroxylamine groups is 2. The molecule has 100 valence electrons. The molecule has 1 fully saturated rings. The molecule has 1 aliphatic heterocycles. The standard InChI is InChI=1S/C10H16F3NO3/c1-7(2)6-16-8-3-4-14(5-8)17-9(15)10(11,12)13/h7-8H,3-6H2,1-2H3/t8-/m0/s1. The zero-order valence-corrected chi connectivity index (χ0v) is 9.79. The first-order chi connectivity index (χ1) is 7.79. The summed E-state index contributed by atoms with van der Waals surface area (Å²) < 4.78 is 41.2. The fourth-order valence-corrected chi connectivity index (χ4v) is 1.41. The van der Waals surface area contributed by atoms with Gasteiger partial charge in [0.15, 0.2) is 0 Å². The van der Waals surface area contributed by atoms with Gasteiger partial charge in [-0.15, -0.1) is 5.06 Å². The molecule has 1 heterocycles. The molecule has 1 saturated heterocycles. The minimum atomic E-state index is -4.95. The van der Waals surface area contributed by atoms with Crippen molar-refractivity contribution in [3.05, 3.63) is 0 Å². The van der Waals surface area contributed by atoms with Crippen molar-refractivity contribution >= 4 is 5.97 Å². The van der Waals surface area contributed by atoms with Gasteiger partial charge in [0.2, 0.25) is 0 Å². The van der Waals surface area contributed by atoms with Crippen molar-refractivity contribution in [1.82, 2.24) is 5.06 Å². The average molecular weight is 255 g/mol. The van der Waals surface area contributed by atoms with Gasteiger partial charge < -0.3 is 9.57 Å². The predicted molar refractivity (Wildman–Crippen MR) is 52.9 cm³/mol. The molecule has 1 rings (SSSR count). The maximum Gasteiger partial charge on any atom is 0.492 e. The Labute approximate surface area is 97.6 Å². The summed E-state index contributed by atoms with van der Waals surface area (Å²) in [6.45, 7) is 4.97. The molecule has 0 spiro atoms. The molecule has 0 N–H and O–H groups in total. The molecule has 0 aromatic carbocycles. The highest BCUT2D eigenvalue weighted by Crippen LogP contribution is 2.20. The second-order valence-electron chi connectivity index (χ2n) is 4.40. The van der Waals surface area contributed by atoms with Gasteiger partial charge in [-0.3, -0.25) is 0 Å². The van der Waals surface area contributed by atoms with Crippen molar-refractivity contribution in [2.45, 2.75) is 32.5 Å². The van der Waals surface area contributed by atoms with Crippen molar-refractivity contribution < 1.29 is 27.5 Å². The van der Waals surface area contributed by atoms with Crippen LogP contribution in [0.2, 0.25) is 0 Å². The van der Waals surface area contributed by atoms with Crippen LogP contribution in [0.15, 0.2) is 0 Å². The lowest BCUT2D eigenvalue weighted by atomic mass is 10.2. The average Bonchev–Trinajstić information content (AvgIpc) is 2.61. The summed E-state index contributed by atoms with van der Waals surface area (Å²) in [5.41, 5.74) is 0. The Kier molecular flexibility index (Phi) is 4.76. The number of halogens is 3. The fourth-order valence-electron chi connectivity index (χ4n) is 1.41. The summed E-state index contributed by atoms with van der Waals surface area (Å²) in [5, 5.41) is 1.00. The zero-order valence-electron chi connectivity index (χ0n) is 9.79. The number of carbonyl (C=O) groups excluding carboxylic acids is 1. The van der Waals surface area contributed by atoms with E-state index in [9.17, 15) is 18.0 Å². The molecule has 0 aliphatic carbocycles. The Morgan fingerprint density at radius 2 is 2.12 bits per heavy atom. The molecule has 17 heavy (non-hydrogen) atoms. The van der Waals surface area contributed by atoms with E-state index in [1.54, 1.807) is 0 Å². The Morgan fingerprint density at radius 1 is 1.47 bits per heavy atom. The van der Waals surface area contributed by atoms with E-state index in [1.807, 2.05) is 13.8 Å². The van der Waals surface area contributed by atoms with Gasteiger partial charge in [-0.2, -0.15) is 13.2 Å². The monoisotopic (exact) mass is 255 g/mol. The minimum absolute atomic E-state index is 0.168. The van der Waals surface area contributed by atoms with Crippen molar-refractivity contribution in [1.29, 1.82) is 0 Å². The lowest BCUT2D eigenvalue weighted by Crippen LogP contribution is -2.34. The number of carbonyl (C=O) groups is 1. The van der Waals surface area contributed by atoms with Crippen molar-refractivity contribution in [3.63, 3.8) is 0 Å². The third kappa shape index (κ3) is 4.91. The van der Waals surface area contributed by atoms with E-state index in [-0.39, 0.29) is 19.2 Å². The third-order valence-corrected chi connectivity index (χ3v) is 2.22. The van der Waals surface area contributed by atoms with Crippen LogP contribution in [-0.4, -0.2) is 43.0 Å². The number of hydrogen-bond donors (Lipinski definition) is 0. The summed E-state index contributed by atoms with van der Waals surface area (Å²) in [6, 6.07) is 0. The smallest absolute Gasteiger partial charge is 0.376 e. The van der Waals surface area contributed by atoms with E-state index in [0.717, 1.165) is 5.06 Å². The number of hydrogen-bond acceptors (Lipinski definition) is 4. The zero-order chi connectivity index (χ0) is 13.1. The Balaban J connectivity index is 2.29. The second-order valence-corrected chi connectivity index (χ2v) is 4.40. The highest BCUT2D eigenvalue weighted by molar-refractivity contribution is 5.75. The van der Waals surface area contributed by atoms with E-state index in [4.69, 9.17) is 4.74 Å². The quantitative estimate of drug-likeness (QED) is 0.767. The van der Waals surface area contributed by atoms with E-state index in [1.165, 1.54) is 0 Å². The van der Waals surface area contributed by atoms with E-state index < -0.39 is 12.1 Å². The number of nitrogens with zero attached hydrogens (tertiary/aromatic N) is 1. The summed E-state index contributed by atoms with van der Waals surface area (Å²) >= 11 is 0. The number of rotatable bonds is 4. The van der Waals surface area contributed by atoms with Gasteiger partial charge >= 0.3 is 12.1 Å². The molecule has 0 unspecified atom stereocenters. The van der Waals surface area contributed by atoms with Crippen molar-refractivity contribution in [3.8, 4) is 0 Å². The van der Waals surface area contributed by atoms with Gasteiger partial charge in [0.1, 0.15) is 0 Å². The van der Waals surface area contributed by atoms with Crippen molar-refractivity contribution in [2.24, 2.45) is 5.92 Å². The molecule has 0 bridgehead atoms. The maximum atomic E-state index is 11.9. The topological polar surface area (TPSA) is 38.8 Å². The van der Waals surface area contributed by atoms with Crippen LogP contribution in [0.1, 0.15) is 20.3 Å². The van der Waals surface area contributed by atoms with Crippen LogP contribution in [0.25, 0.3) is 0 Å². The van der Waals surface area contributed by atoms with Gasteiger partial charge in [-0.1, -0.05) is 13.8 Å². The van der Waals surface area contributed by atoms with E-state index >= 15 is 0 Å². The Bertz CT molecular complexity index is 268. The van der Waals surface area contributed by atoms with Gasteiger partial charge in [0.05, 0.1) is 12.6 Å². The summed E-state index contributed by atoms with van der Waals surface area (Å²) in [4.78, 5) is 14.8. The molecule has 0 aromatic heterocycles. The molecule has 7 heteroatoms. The highest BCUT2D eigenvalue weighted by atomic mass is 19.4. The normalized spacial score (nSPS) is 22.1. The van der Waals surface area contributed by atoms with Crippen LogP contribution in [-0.2, 0) is 14.4 Å². The Hall–Kier alpha value is -0.820. The molecular formula is C10H16F3NO3. The lowest BCUT2D eigenvalue weighted by molar-refractivity contribution is -0.236. The van der Waals surface area contributed by atoms with Gasteiger partial charge in [-0.05, 0) is 12.3 Å². The molecule has 0 saturated carbocycles. The van der Waals surface area contributed by atoms with Crippen LogP contribution in [0.4, 0.5) is 13.2 Å². The fraction of sp³-hybridized carbons (Fsp3) is 0.900. The van der Waals surface area contributed by atoms with Crippen LogP contribution < -0.4 is 0 Å². The van der Waals surface area contributed by atoms with E-state index in [2.05, 4.69) is 4.84 Å². The molecule has 0 aromatic rings. The Morgan fingerprint density at radius 3 is 2.65 bits per heavy atom. The largest absolute Gasteiger partial charge is 0.492 e. The molecule has 1 aliphatic rings. The predicted octanol–water partition coefficient (Wildman–Crippen LogP) is 1.75. The summed E-state index contributed by atoms with van der Waals surface area (Å²) in [5.74, 6) is -1.82. The van der Waals surface area contributed by atoms with E-state index in [0.29, 0.717) is 18.9 Å². The van der Waals surface area contributed by atoms with Crippen LogP contribution in [0, 0.1) is 5.92 Å². The van der Waals surface area contributed by atoms with Gasteiger partial charge in [-0.25, -0.2) is 4.79 Å². The first-order valence-corrected chi connectivity index (χ1v) is 5.44. The lowest BCUT2D eigenvalue weighted by Gasteiger charge is -2.17. The number of alkyl halides is 3. The van der Waals surface area contributed by atoms with Gasteiger partial charge in [0, 0.05) is 13.2 Å². The SMILES string of the molecule is CC(C)CO[C@H]1CCN(OC(=O)C(F)(F)F)C1. The van der Waals surface area contributed by atoms with Crippen molar-refractivity contribution in [2.75, 3.05) is 19.7 Å². The van der Waals surface area contributed by atoms with Crippen LogP contribution >= 0.6 is 0 Å². The first kappa shape index (κ1) is 14.2. The molecule has 1 atom stereocenters. The summed E-state index contributed by atoms with van der Waals surface area (Å²) in [6.07, 6.45) is -4.55. The number of ether oxygens (including phenoxy) is 1. The van der Waals surface area contributed by atoms with Gasteiger partial charge in [0.25, 0.3) is 0 Å². The first-order valence-electron chi connectivity index (χ1n) is 5.44. The van der Waals surface area contributed by atoms with Crippen LogP contribution in [0.5, 0.6) is 0 Å². The molecule has 0 amide bonds. The molecular weight excluding hydrogens is 239 g/mol. The molecule has 0 radical (unpaired) electrons. The maximum absolute atomic E-state index is 11.9. The second kappa shape index (κ2) is 5.68. The summed E-state index contributed by atoms with van der Waals surface area (Å²) in [7, 11) is 0. The third-order valence-electron chi connectivity index (χ3n) is 2.22. The highest BCUT2D eigenvalue weighted by Gasteiger charge is 2.43. The minimum Gasteiger partial charge on any atom is -0.376 e. The van der Waals surface area contributed by atoms with Crippen LogP contribution in [0.3, 0.4) is 0 Å².